The van der Waals surface area contributed by atoms with E-state index in [1.54, 1.807) is 27.9 Å². The first-order valence-corrected chi connectivity index (χ1v) is 20.1. The standard InChI is InChI=1S/C43H59N5O8/c1-10-48-33-14-11-26(29-21-34(29)54-23-32(40(50)53-9)45-41(51)56-42(3,4)5)19-30(33)35-36(43(6,7)24-55-25(2)49)39(52-8)37-31(38(35)48)20-28(22-44-37)47-17-15-46(16-18-47)27-12-13-27/h11,14,19-20,22,27,29,32,34,36,39H,10,12-13,15-18,21,23-24H2,1-9H3,(H,45,51)/t29?,32-,34?,36?,39-/m0/s1. The number of aryl methyl sites for hydroxylation is 1. The molecule has 7 rings (SSSR count). The SMILES string of the molecule is CCn1c2c(c3cc(C4CC4OC[C@H](NC(=O)OC(C)(C)C)C(=O)OC)ccc31)C(C(C)(C)COC(C)=O)[C@H](OC)c1ncc(N3CCN(C4CC4)CC3)cc1-2. The Labute approximate surface area is 330 Å². The quantitative estimate of drug-likeness (QED) is 0.155. The van der Waals surface area contributed by atoms with Gasteiger partial charge in [0.1, 0.15) is 11.7 Å². The summed E-state index contributed by atoms with van der Waals surface area (Å²) in [6, 6.07) is 8.73. The first kappa shape index (κ1) is 40.0. The van der Waals surface area contributed by atoms with Crippen molar-refractivity contribution in [2.24, 2.45) is 5.41 Å². The molecule has 5 atom stereocenters. The number of amides is 1. The molecule has 1 aromatic carbocycles. The molecule has 0 bridgehead atoms. The Balaban J connectivity index is 1.23. The predicted molar refractivity (Wildman–Crippen MR) is 213 cm³/mol. The summed E-state index contributed by atoms with van der Waals surface area (Å²) in [5, 5.41) is 3.73. The highest BCUT2D eigenvalue weighted by Gasteiger charge is 2.48. The summed E-state index contributed by atoms with van der Waals surface area (Å²) >= 11 is 0. The molecule has 3 aliphatic carbocycles. The molecule has 1 aliphatic heterocycles. The number of hydrogen-bond donors (Lipinski definition) is 1. The molecule has 2 aromatic heterocycles. The van der Waals surface area contributed by atoms with Crippen LogP contribution in [-0.2, 0) is 39.8 Å². The van der Waals surface area contributed by atoms with E-state index in [2.05, 4.69) is 64.7 Å². The maximum atomic E-state index is 12.6. The molecule has 3 aromatic rings. The fourth-order valence-corrected chi connectivity index (χ4v) is 8.82. The summed E-state index contributed by atoms with van der Waals surface area (Å²) < 4.78 is 31.1. The van der Waals surface area contributed by atoms with Gasteiger partial charge in [-0.05, 0) is 76.3 Å². The molecule has 1 N–H and O–H groups in total. The Morgan fingerprint density at radius 1 is 1.02 bits per heavy atom. The van der Waals surface area contributed by atoms with E-state index >= 15 is 0 Å². The number of benzene rings is 1. The van der Waals surface area contributed by atoms with Crippen molar-refractivity contribution in [1.82, 2.24) is 19.8 Å². The molecule has 3 fully saturated rings. The zero-order valence-corrected chi connectivity index (χ0v) is 34.5. The number of piperazine rings is 1. The van der Waals surface area contributed by atoms with Crippen LogP contribution in [0.2, 0.25) is 0 Å². The summed E-state index contributed by atoms with van der Waals surface area (Å²) in [5.74, 6) is -1.01. The van der Waals surface area contributed by atoms with Gasteiger partial charge in [-0.2, -0.15) is 0 Å². The Morgan fingerprint density at radius 3 is 2.38 bits per heavy atom. The molecular formula is C43H59N5O8. The van der Waals surface area contributed by atoms with E-state index in [-0.39, 0.29) is 43.2 Å². The Morgan fingerprint density at radius 2 is 1.75 bits per heavy atom. The molecule has 56 heavy (non-hydrogen) atoms. The van der Waals surface area contributed by atoms with Crippen LogP contribution in [-0.4, -0.2) is 110 Å². The van der Waals surface area contributed by atoms with Gasteiger partial charge in [-0.1, -0.05) is 19.9 Å². The molecule has 0 spiro atoms. The molecule has 13 nitrogen and oxygen atoms in total. The van der Waals surface area contributed by atoms with Gasteiger partial charge >= 0.3 is 18.0 Å². The molecule has 4 aliphatic rings. The highest BCUT2D eigenvalue weighted by atomic mass is 16.6. The van der Waals surface area contributed by atoms with E-state index in [1.807, 2.05) is 6.20 Å². The zero-order chi connectivity index (χ0) is 40.1. The lowest BCUT2D eigenvalue weighted by atomic mass is 9.67. The van der Waals surface area contributed by atoms with Crippen LogP contribution in [0.25, 0.3) is 22.2 Å². The normalized spacial score (nSPS) is 22.9. The maximum Gasteiger partial charge on any atom is 0.408 e. The van der Waals surface area contributed by atoms with Crippen molar-refractivity contribution < 1.29 is 38.1 Å². The number of methoxy groups -OCH3 is 2. The number of alkyl carbamates (subject to hydrolysis) is 1. The second-order valence-electron chi connectivity index (χ2n) is 17.5. The molecule has 2 saturated carbocycles. The summed E-state index contributed by atoms with van der Waals surface area (Å²) in [6.45, 7) is 18.2. The lowest BCUT2D eigenvalue weighted by Crippen LogP contribution is -2.47. The van der Waals surface area contributed by atoms with Gasteiger partial charge in [-0.25, -0.2) is 9.59 Å². The summed E-state index contributed by atoms with van der Waals surface area (Å²) in [7, 11) is 3.03. The van der Waals surface area contributed by atoms with Crippen molar-refractivity contribution >= 4 is 34.6 Å². The van der Waals surface area contributed by atoms with Crippen molar-refractivity contribution in [3.63, 3.8) is 0 Å². The summed E-state index contributed by atoms with van der Waals surface area (Å²) in [6.07, 6.45) is 4.19. The molecule has 3 unspecified atom stereocenters. The number of fused-ring (bicyclic) bond motifs is 5. The van der Waals surface area contributed by atoms with Crippen molar-refractivity contribution in [3.8, 4) is 11.3 Å². The molecule has 3 heterocycles. The first-order valence-electron chi connectivity index (χ1n) is 20.1. The van der Waals surface area contributed by atoms with Gasteiger partial charge in [0.05, 0.1) is 49.7 Å². The minimum Gasteiger partial charge on any atom is -0.467 e. The molecule has 1 amide bonds. The van der Waals surface area contributed by atoms with E-state index in [9.17, 15) is 14.4 Å². The van der Waals surface area contributed by atoms with E-state index in [0.29, 0.717) is 0 Å². The van der Waals surface area contributed by atoms with Gasteiger partial charge in [0.25, 0.3) is 0 Å². The lowest BCUT2D eigenvalue weighted by Gasteiger charge is -2.42. The number of carbonyl (C=O) groups is 3. The van der Waals surface area contributed by atoms with Crippen molar-refractivity contribution in [2.45, 2.75) is 116 Å². The largest absolute Gasteiger partial charge is 0.467 e. The van der Waals surface area contributed by atoms with Crippen LogP contribution in [0.5, 0.6) is 0 Å². The van der Waals surface area contributed by atoms with Gasteiger partial charge in [0.2, 0.25) is 0 Å². The fraction of sp³-hybridized carbons (Fsp3) is 0.628. The average Bonchev–Trinajstić information content (AvgIpc) is 4.11. The van der Waals surface area contributed by atoms with Gasteiger partial charge in [0, 0.05) is 86.5 Å². The minimum atomic E-state index is -1.00. The van der Waals surface area contributed by atoms with Crippen LogP contribution < -0.4 is 10.2 Å². The number of carbonyl (C=O) groups excluding carboxylic acids is 3. The number of hydrogen-bond acceptors (Lipinski definition) is 11. The Bertz CT molecular complexity index is 1960. The maximum absolute atomic E-state index is 12.6. The minimum absolute atomic E-state index is 0.0411. The Kier molecular flexibility index (Phi) is 11.2. The smallest absolute Gasteiger partial charge is 0.408 e. The van der Waals surface area contributed by atoms with E-state index in [1.165, 1.54) is 32.4 Å². The fourth-order valence-electron chi connectivity index (χ4n) is 8.82. The van der Waals surface area contributed by atoms with Crippen molar-refractivity contribution in [1.29, 1.82) is 0 Å². The monoisotopic (exact) mass is 773 g/mol. The van der Waals surface area contributed by atoms with Gasteiger partial charge < -0.3 is 38.5 Å². The van der Waals surface area contributed by atoms with Crippen molar-refractivity contribution in [2.75, 3.05) is 58.5 Å². The van der Waals surface area contributed by atoms with Crippen LogP contribution in [0.1, 0.15) is 102 Å². The second-order valence-corrected chi connectivity index (χ2v) is 17.5. The number of nitrogens with one attached hydrogen (secondary N) is 1. The van der Waals surface area contributed by atoms with Crippen LogP contribution in [0.4, 0.5) is 10.5 Å². The van der Waals surface area contributed by atoms with Crippen molar-refractivity contribution in [3.05, 3.63) is 47.3 Å². The lowest BCUT2D eigenvalue weighted by molar-refractivity contribution is -0.146. The average molecular weight is 774 g/mol. The highest BCUT2D eigenvalue weighted by molar-refractivity contribution is 5.95. The second kappa shape index (κ2) is 15.6. The third-order valence-corrected chi connectivity index (χ3v) is 11.8. The third-order valence-electron chi connectivity index (χ3n) is 11.8. The number of ether oxygens (including phenoxy) is 5. The first-order chi connectivity index (χ1) is 26.6. The molecule has 13 heteroatoms. The van der Waals surface area contributed by atoms with Gasteiger partial charge in [-0.3, -0.25) is 14.7 Å². The van der Waals surface area contributed by atoms with Crippen LogP contribution in [0.15, 0.2) is 30.5 Å². The predicted octanol–water partition coefficient (Wildman–Crippen LogP) is 6.32. The molecular weight excluding hydrogens is 714 g/mol. The number of nitrogens with zero attached hydrogens (tertiary/aromatic N) is 4. The van der Waals surface area contributed by atoms with Crippen LogP contribution in [0.3, 0.4) is 0 Å². The Hall–Kier alpha value is -4.20. The van der Waals surface area contributed by atoms with E-state index in [0.717, 1.165) is 84.3 Å². The summed E-state index contributed by atoms with van der Waals surface area (Å²) in [4.78, 5) is 47.5. The molecule has 304 valence electrons. The third kappa shape index (κ3) is 8.13. The number of aromatic nitrogens is 2. The molecule has 0 radical (unpaired) electrons. The zero-order valence-electron chi connectivity index (χ0n) is 34.5. The van der Waals surface area contributed by atoms with Gasteiger partial charge in [0.15, 0.2) is 6.04 Å². The number of anilines is 1. The number of esters is 2. The molecule has 1 saturated heterocycles. The van der Waals surface area contributed by atoms with Crippen LogP contribution >= 0.6 is 0 Å². The summed E-state index contributed by atoms with van der Waals surface area (Å²) in [5.41, 5.74) is 6.41. The number of pyridine rings is 1. The highest BCUT2D eigenvalue weighted by Crippen LogP contribution is 2.58. The van der Waals surface area contributed by atoms with Gasteiger partial charge in [-0.15, -0.1) is 0 Å². The van der Waals surface area contributed by atoms with E-state index in [4.69, 9.17) is 28.7 Å². The topological polar surface area (TPSA) is 134 Å². The van der Waals surface area contributed by atoms with E-state index < -0.39 is 29.1 Å². The van der Waals surface area contributed by atoms with Crippen LogP contribution in [0, 0.1) is 5.41 Å². The number of rotatable bonds is 13.